The molecule has 8 heteroatoms. The summed E-state index contributed by atoms with van der Waals surface area (Å²) in [5.41, 5.74) is 4.78. The van der Waals surface area contributed by atoms with E-state index in [9.17, 15) is 19.3 Å². The quantitative estimate of drug-likeness (QED) is 0.487. The molecule has 1 aromatic carbocycles. The third-order valence-corrected chi connectivity index (χ3v) is 4.44. The van der Waals surface area contributed by atoms with Crippen molar-refractivity contribution in [2.24, 2.45) is 0 Å². The van der Waals surface area contributed by atoms with Gasteiger partial charge in [-0.05, 0) is 31.9 Å². The maximum atomic E-state index is 13.6. The van der Waals surface area contributed by atoms with Crippen LogP contribution < -0.4 is 11.1 Å². The van der Waals surface area contributed by atoms with Crippen molar-refractivity contribution < 1.29 is 14.1 Å². The lowest BCUT2D eigenvalue weighted by Gasteiger charge is -2.28. The predicted octanol–water partition coefficient (Wildman–Crippen LogP) is 1.28. The molecule has 2 bridgehead atoms. The number of carbonyl (C=O) groups excluding carboxylic acids is 1. The van der Waals surface area contributed by atoms with E-state index < -0.39 is 22.3 Å². The zero-order valence-electron chi connectivity index (χ0n) is 11.9. The minimum atomic E-state index is -0.829. The number of hydrogen-bond acceptors (Lipinski definition) is 5. The molecule has 2 unspecified atom stereocenters. The van der Waals surface area contributed by atoms with E-state index in [1.54, 1.807) is 4.90 Å². The number of nitrogen functional groups attached to an aromatic ring is 1. The van der Waals surface area contributed by atoms with Crippen LogP contribution in [-0.2, 0) is 0 Å². The number of halogens is 1. The number of carbonyl (C=O) groups is 1. The predicted molar refractivity (Wildman–Crippen MR) is 77.9 cm³/mol. The van der Waals surface area contributed by atoms with Crippen LogP contribution in [0.25, 0.3) is 0 Å². The average Bonchev–Trinajstić information content (AvgIpc) is 2.73. The summed E-state index contributed by atoms with van der Waals surface area (Å²) < 4.78 is 13.6. The number of nitrogens with one attached hydrogen (secondary N) is 1. The highest BCUT2D eigenvalue weighted by Crippen LogP contribution is 2.33. The first-order valence-corrected chi connectivity index (χ1v) is 7.26. The van der Waals surface area contributed by atoms with Crippen molar-refractivity contribution in [2.75, 3.05) is 18.8 Å². The molecule has 118 valence electrons. The van der Waals surface area contributed by atoms with Gasteiger partial charge in [-0.1, -0.05) is 0 Å². The number of nitro benzene ring substituents is 1. The van der Waals surface area contributed by atoms with Crippen molar-refractivity contribution in [3.05, 3.63) is 33.6 Å². The van der Waals surface area contributed by atoms with Gasteiger partial charge in [0.25, 0.3) is 11.6 Å². The summed E-state index contributed by atoms with van der Waals surface area (Å²) >= 11 is 0. The number of amides is 1. The first-order chi connectivity index (χ1) is 10.5. The second-order valence-electron chi connectivity index (χ2n) is 5.73. The Morgan fingerprint density at radius 3 is 2.82 bits per heavy atom. The van der Waals surface area contributed by atoms with Crippen molar-refractivity contribution in [2.45, 2.75) is 31.3 Å². The van der Waals surface area contributed by atoms with Crippen molar-refractivity contribution >= 4 is 17.3 Å². The Morgan fingerprint density at radius 1 is 1.36 bits per heavy atom. The first-order valence-electron chi connectivity index (χ1n) is 7.26. The summed E-state index contributed by atoms with van der Waals surface area (Å²) in [5, 5.41) is 14.2. The summed E-state index contributed by atoms with van der Waals surface area (Å²) in [5.74, 6) is -1.25. The van der Waals surface area contributed by atoms with Crippen LogP contribution in [0.2, 0.25) is 0 Å². The highest BCUT2D eigenvalue weighted by molar-refractivity contribution is 6.01. The van der Waals surface area contributed by atoms with Gasteiger partial charge in [-0.15, -0.1) is 0 Å². The number of fused-ring (bicyclic) bond motifs is 2. The van der Waals surface area contributed by atoms with Gasteiger partial charge < -0.3 is 16.0 Å². The fourth-order valence-electron chi connectivity index (χ4n) is 3.38. The minimum absolute atomic E-state index is 0.0294. The Morgan fingerprint density at radius 2 is 2.09 bits per heavy atom. The van der Waals surface area contributed by atoms with E-state index >= 15 is 0 Å². The molecule has 1 amide bonds. The van der Waals surface area contributed by atoms with Crippen molar-refractivity contribution in [1.82, 2.24) is 10.2 Å². The molecule has 1 aromatic rings. The summed E-state index contributed by atoms with van der Waals surface area (Å²) in [4.78, 5) is 24.7. The van der Waals surface area contributed by atoms with Gasteiger partial charge >= 0.3 is 0 Å². The Hall–Kier alpha value is -2.22. The van der Waals surface area contributed by atoms with Gasteiger partial charge in [-0.25, -0.2) is 4.39 Å². The van der Waals surface area contributed by atoms with E-state index in [4.69, 9.17) is 5.73 Å². The largest absolute Gasteiger partial charge is 0.393 e. The van der Waals surface area contributed by atoms with E-state index in [0.717, 1.165) is 37.9 Å². The summed E-state index contributed by atoms with van der Waals surface area (Å²) in [7, 11) is 0. The van der Waals surface area contributed by atoms with E-state index in [-0.39, 0.29) is 23.3 Å². The van der Waals surface area contributed by atoms with Crippen molar-refractivity contribution in [1.29, 1.82) is 0 Å². The third-order valence-electron chi connectivity index (χ3n) is 4.44. The monoisotopic (exact) mass is 308 g/mol. The van der Waals surface area contributed by atoms with Gasteiger partial charge in [0.1, 0.15) is 11.5 Å². The molecule has 0 aliphatic carbocycles. The van der Waals surface area contributed by atoms with Crippen LogP contribution in [0.4, 0.5) is 15.8 Å². The fourth-order valence-corrected chi connectivity index (χ4v) is 3.38. The molecule has 3 rings (SSSR count). The molecular weight excluding hydrogens is 291 g/mol. The number of nitrogens with two attached hydrogens (primary N) is 1. The van der Waals surface area contributed by atoms with E-state index in [1.807, 2.05) is 0 Å². The van der Waals surface area contributed by atoms with Crippen LogP contribution in [0, 0.1) is 15.9 Å². The molecule has 2 fully saturated rings. The molecule has 2 saturated heterocycles. The molecule has 2 heterocycles. The van der Waals surface area contributed by atoms with Crippen molar-refractivity contribution in [3.8, 4) is 0 Å². The fraction of sp³-hybridized carbons (Fsp3) is 0.500. The lowest BCUT2D eigenvalue weighted by Crippen LogP contribution is -2.42. The van der Waals surface area contributed by atoms with Gasteiger partial charge in [-0.3, -0.25) is 14.9 Å². The Bertz CT molecular complexity index is 623. The normalized spacial score (nSPS) is 24.1. The molecule has 0 saturated carbocycles. The standard InChI is InChI=1S/C14H17FN4O3/c15-8-5-11(13(16)12(6-8)19(21)22)14(20)18-9-1-2-10(18)7-17-4-3-9/h5-6,9-10,17H,1-4,7,16H2. The molecule has 0 radical (unpaired) electrons. The molecule has 7 nitrogen and oxygen atoms in total. The van der Waals surface area contributed by atoms with E-state index in [0.29, 0.717) is 6.54 Å². The Balaban J connectivity index is 2.00. The number of nitro groups is 1. The second kappa shape index (κ2) is 5.53. The summed E-state index contributed by atoms with van der Waals surface area (Å²) in [6.45, 7) is 1.50. The van der Waals surface area contributed by atoms with Gasteiger partial charge in [0.2, 0.25) is 0 Å². The Labute approximate surface area is 126 Å². The number of rotatable bonds is 2. The zero-order chi connectivity index (χ0) is 15.9. The van der Waals surface area contributed by atoms with Crippen LogP contribution >= 0.6 is 0 Å². The molecule has 2 aliphatic heterocycles. The van der Waals surface area contributed by atoms with Gasteiger partial charge in [0.15, 0.2) is 0 Å². The molecule has 0 aromatic heterocycles. The smallest absolute Gasteiger partial charge is 0.295 e. The number of anilines is 1. The van der Waals surface area contributed by atoms with Gasteiger partial charge in [0.05, 0.1) is 16.6 Å². The van der Waals surface area contributed by atoms with Crippen LogP contribution in [0.5, 0.6) is 0 Å². The van der Waals surface area contributed by atoms with Crippen LogP contribution in [-0.4, -0.2) is 40.9 Å². The first kappa shape index (κ1) is 14.7. The van der Waals surface area contributed by atoms with Crippen molar-refractivity contribution in [3.63, 3.8) is 0 Å². The molecular formula is C14H17FN4O3. The summed E-state index contributed by atoms with van der Waals surface area (Å²) in [6.07, 6.45) is 2.59. The Kier molecular flexibility index (Phi) is 3.69. The van der Waals surface area contributed by atoms with Crippen LogP contribution in [0.15, 0.2) is 12.1 Å². The average molecular weight is 308 g/mol. The number of nitrogens with zero attached hydrogens (tertiary/aromatic N) is 2. The van der Waals surface area contributed by atoms with Crippen LogP contribution in [0.1, 0.15) is 29.6 Å². The minimum Gasteiger partial charge on any atom is -0.393 e. The van der Waals surface area contributed by atoms with Gasteiger partial charge in [-0.2, -0.15) is 0 Å². The maximum Gasteiger partial charge on any atom is 0.295 e. The maximum absolute atomic E-state index is 13.6. The number of hydrogen-bond donors (Lipinski definition) is 2. The lowest BCUT2D eigenvalue weighted by molar-refractivity contribution is -0.384. The highest BCUT2D eigenvalue weighted by Gasteiger charge is 2.39. The third kappa shape index (κ3) is 2.39. The van der Waals surface area contributed by atoms with Crippen LogP contribution in [0.3, 0.4) is 0 Å². The van der Waals surface area contributed by atoms with E-state index in [2.05, 4.69) is 5.32 Å². The molecule has 3 N–H and O–H groups in total. The SMILES string of the molecule is Nc1c(C(=O)N2C3CCNCC2CC3)cc(F)cc1[N+](=O)[O-]. The second-order valence-corrected chi connectivity index (χ2v) is 5.73. The molecule has 2 aliphatic rings. The van der Waals surface area contributed by atoms with E-state index in [1.165, 1.54) is 0 Å². The lowest BCUT2D eigenvalue weighted by atomic mass is 10.1. The summed E-state index contributed by atoms with van der Waals surface area (Å²) in [6, 6.07) is 1.84. The zero-order valence-corrected chi connectivity index (χ0v) is 11.9. The molecule has 22 heavy (non-hydrogen) atoms. The molecule has 2 atom stereocenters. The molecule has 0 spiro atoms. The highest BCUT2D eigenvalue weighted by atomic mass is 19.1. The number of benzene rings is 1. The topological polar surface area (TPSA) is 102 Å². The van der Waals surface area contributed by atoms with Gasteiger partial charge in [0, 0.05) is 18.6 Å².